The Morgan fingerprint density at radius 1 is 1.24 bits per heavy atom. The van der Waals surface area contributed by atoms with E-state index in [2.05, 4.69) is 9.97 Å². The van der Waals surface area contributed by atoms with Crippen LogP contribution in [-0.4, -0.2) is 62.7 Å². The van der Waals surface area contributed by atoms with Gasteiger partial charge in [0.2, 0.25) is 5.91 Å². The van der Waals surface area contributed by atoms with Crippen LogP contribution in [0.2, 0.25) is 0 Å². The standard InChI is InChI=1S/C25H30F4N6O2/c1-2-34(11-16-3-5-18(6-4-16)25(27,28)29)23-22-19(26)12-35(24(22)32-15-31-23)10-8-17-7-9-33(13-20(17)36)14-21(30)37/h3-6,12,15,17,20,36H,2,7-11,13-14H2,1H3,(H2,30,37)/t17-,20+/m0/s1. The van der Waals surface area contributed by atoms with Crippen molar-refractivity contribution >= 4 is 22.8 Å². The molecule has 1 fully saturated rings. The topological polar surface area (TPSA) is 101 Å². The lowest BCUT2D eigenvalue weighted by molar-refractivity contribution is -0.137. The van der Waals surface area contributed by atoms with Crippen molar-refractivity contribution in [2.45, 2.75) is 45.1 Å². The molecule has 2 atom stereocenters. The van der Waals surface area contributed by atoms with Crippen LogP contribution in [0.25, 0.3) is 11.0 Å². The number of hydrogen-bond acceptors (Lipinski definition) is 6. The first-order chi connectivity index (χ1) is 17.6. The fraction of sp³-hybridized carbons (Fsp3) is 0.480. The summed E-state index contributed by atoms with van der Waals surface area (Å²) in [6, 6.07) is 4.88. The Hall–Kier alpha value is -3.25. The zero-order valence-electron chi connectivity index (χ0n) is 20.5. The van der Waals surface area contributed by atoms with E-state index in [9.17, 15) is 23.1 Å². The fourth-order valence-corrected chi connectivity index (χ4v) is 4.88. The highest BCUT2D eigenvalue weighted by molar-refractivity contribution is 5.88. The Labute approximate surface area is 211 Å². The van der Waals surface area contributed by atoms with Gasteiger partial charge in [0, 0.05) is 32.4 Å². The molecule has 1 saturated heterocycles. The molecular formula is C25H30F4N6O2. The van der Waals surface area contributed by atoms with Crippen LogP contribution in [0, 0.1) is 11.7 Å². The molecule has 12 heteroatoms. The molecule has 1 aromatic carbocycles. The number of nitrogens with zero attached hydrogens (tertiary/aromatic N) is 5. The summed E-state index contributed by atoms with van der Waals surface area (Å²) in [5, 5.41) is 10.8. The first-order valence-corrected chi connectivity index (χ1v) is 12.2. The van der Waals surface area contributed by atoms with Crippen molar-refractivity contribution in [2.75, 3.05) is 31.1 Å². The molecular weight excluding hydrogens is 492 g/mol. The summed E-state index contributed by atoms with van der Waals surface area (Å²) >= 11 is 0. The summed E-state index contributed by atoms with van der Waals surface area (Å²) in [5.74, 6) is -0.579. The number of nitrogens with two attached hydrogens (primary N) is 1. The Balaban J connectivity index is 1.49. The van der Waals surface area contributed by atoms with Crippen molar-refractivity contribution in [1.82, 2.24) is 19.4 Å². The molecule has 4 rings (SSSR count). The van der Waals surface area contributed by atoms with Crippen molar-refractivity contribution in [3.05, 3.63) is 53.7 Å². The largest absolute Gasteiger partial charge is 0.416 e. The number of amides is 1. The number of halogens is 4. The van der Waals surface area contributed by atoms with Gasteiger partial charge < -0.3 is 20.3 Å². The quantitative estimate of drug-likeness (QED) is 0.419. The van der Waals surface area contributed by atoms with Gasteiger partial charge in [-0.25, -0.2) is 14.4 Å². The van der Waals surface area contributed by atoms with E-state index in [4.69, 9.17) is 5.73 Å². The number of carbonyl (C=O) groups excluding carboxylic acids is 1. The van der Waals surface area contributed by atoms with Crippen LogP contribution in [0.1, 0.15) is 30.9 Å². The number of carbonyl (C=O) groups is 1. The number of alkyl halides is 3. The molecule has 1 aliphatic heterocycles. The van der Waals surface area contributed by atoms with Gasteiger partial charge in [0.15, 0.2) is 5.82 Å². The minimum absolute atomic E-state index is 0.0160. The normalized spacial score (nSPS) is 18.9. The number of β-amino-alcohol motifs (C(OH)–C–C–N with tert-alkyl or cyclic N) is 1. The molecule has 0 aliphatic carbocycles. The minimum Gasteiger partial charge on any atom is -0.392 e. The first kappa shape index (κ1) is 26.8. The van der Waals surface area contributed by atoms with E-state index in [1.165, 1.54) is 24.7 Å². The van der Waals surface area contributed by atoms with E-state index in [0.29, 0.717) is 56.0 Å². The van der Waals surface area contributed by atoms with E-state index in [1.807, 2.05) is 11.8 Å². The highest BCUT2D eigenvalue weighted by Gasteiger charge is 2.30. The average molecular weight is 523 g/mol. The number of piperidine rings is 1. The number of rotatable bonds is 9. The maximum atomic E-state index is 15.1. The van der Waals surface area contributed by atoms with Crippen LogP contribution in [0.3, 0.4) is 0 Å². The van der Waals surface area contributed by atoms with Crippen LogP contribution in [0.5, 0.6) is 0 Å². The number of aryl methyl sites for hydroxylation is 1. The zero-order valence-corrected chi connectivity index (χ0v) is 20.5. The maximum absolute atomic E-state index is 15.1. The van der Waals surface area contributed by atoms with Crippen molar-refractivity contribution in [2.24, 2.45) is 11.7 Å². The SMILES string of the molecule is CCN(Cc1ccc(C(F)(F)F)cc1)c1ncnc2c1c(F)cn2CC[C@@H]1CCN(CC(N)=O)C[C@H]1O. The second-order valence-electron chi connectivity index (χ2n) is 9.38. The number of hydrogen-bond donors (Lipinski definition) is 2. The fourth-order valence-electron chi connectivity index (χ4n) is 4.88. The number of likely N-dealkylation sites (tertiary alicyclic amines) is 1. The van der Waals surface area contributed by atoms with Gasteiger partial charge >= 0.3 is 6.18 Å². The number of aromatic nitrogens is 3. The number of anilines is 1. The molecule has 3 N–H and O–H groups in total. The second kappa shape index (κ2) is 11.0. The molecule has 0 unspecified atom stereocenters. The molecule has 200 valence electrons. The molecule has 0 spiro atoms. The number of benzene rings is 1. The van der Waals surface area contributed by atoms with E-state index < -0.39 is 29.6 Å². The molecule has 3 aromatic rings. The van der Waals surface area contributed by atoms with Crippen LogP contribution in [0.4, 0.5) is 23.4 Å². The molecule has 0 bridgehead atoms. The Kier molecular flexibility index (Phi) is 7.98. The molecule has 8 nitrogen and oxygen atoms in total. The summed E-state index contributed by atoms with van der Waals surface area (Å²) in [5.41, 5.74) is 5.57. The monoisotopic (exact) mass is 522 g/mol. The third-order valence-electron chi connectivity index (χ3n) is 6.85. The van der Waals surface area contributed by atoms with Crippen LogP contribution < -0.4 is 10.6 Å². The number of fused-ring (bicyclic) bond motifs is 1. The summed E-state index contributed by atoms with van der Waals surface area (Å²) in [6.07, 6.45) is -1.04. The summed E-state index contributed by atoms with van der Waals surface area (Å²) in [6.45, 7) is 4.11. The van der Waals surface area contributed by atoms with E-state index in [0.717, 1.165) is 12.1 Å². The van der Waals surface area contributed by atoms with Crippen LogP contribution in [-0.2, 0) is 24.1 Å². The Bertz CT molecular complexity index is 1230. The highest BCUT2D eigenvalue weighted by Crippen LogP contribution is 2.31. The van der Waals surface area contributed by atoms with Gasteiger partial charge in [-0.05, 0) is 49.9 Å². The average Bonchev–Trinajstić information content (AvgIpc) is 3.17. The molecule has 1 amide bonds. The highest BCUT2D eigenvalue weighted by atomic mass is 19.4. The summed E-state index contributed by atoms with van der Waals surface area (Å²) < 4.78 is 55.5. The molecule has 3 heterocycles. The van der Waals surface area contributed by atoms with Gasteiger partial charge in [0.25, 0.3) is 0 Å². The molecule has 2 aromatic heterocycles. The molecule has 0 saturated carbocycles. The first-order valence-electron chi connectivity index (χ1n) is 12.2. The minimum atomic E-state index is -4.41. The maximum Gasteiger partial charge on any atom is 0.416 e. The van der Waals surface area contributed by atoms with Crippen LogP contribution >= 0.6 is 0 Å². The van der Waals surface area contributed by atoms with Gasteiger partial charge in [-0.1, -0.05) is 12.1 Å². The van der Waals surface area contributed by atoms with E-state index >= 15 is 4.39 Å². The number of aliphatic hydroxyl groups excluding tert-OH is 1. The van der Waals surface area contributed by atoms with Gasteiger partial charge in [0.05, 0.1) is 23.6 Å². The van der Waals surface area contributed by atoms with Crippen molar-refractivity contribution in [3.8, 4) is 0 Å². The van der Waals surface area contributed by atoms with E-state index in [-0.39, 0.29) is 24.4 Å². The van der Waals surface area contributed by atoms with Gasteiger partial charge in [-0.3, -0.25) is 9.69 Å². The zero-order chi connectivity index (χ0) is 26.7. The molecule has 37 heavy (non-hydrogen) atoms. The lowest BCUT2D eigenvalue weighted by Crippen LogP contribution is -2.47. The summed E-state index contributed by atoms with van der Waals surface area (Å²) in [4.78, 5) is 23.3. The summed E-state index contributed by atoms with van der Waals surface area (Å²) in [7, 11) is 0. The van der Waals surface area contributed by atoms with Gasteiger partial charge in [-0.15, -0.1) is 0 Å². The molecule has 1 aliphatic rings. The number of primary amides is 1. The second-order valence-corrected chi connectivity index (χ2v) is 9.38. The van der Waals surface area contributed by atoms with Crippen molar-refractivity contribution in [3.63, 3.8) is 0 Å². The Morgan fingerprint density at radius 3 is 2.59 bits per heavy atom. The smallest absolute Gasteiger partial charge is 0.392 e. The van der Waals surface area contributed by atoms with Crippen LogP contribution in [0.15, 0.2) is 36.8 Å². The molecule has 0 radical (unpaired) electrons. The van der Waals surface area contributed by atoms with Gasteiger partial charge in [-0.2, -0.15) is 13.2 Å². The predicted octanol–water partition coefficient (Wildman–Crippen LogP) is 3.17. The lowest BCUT2D eigenvalue weighted by atomic mass is 9.91. The Morgan fingerprint density at radius 2 is 1.97 bits per heavy atom. The third kappa shape index (κ3) is 6.19. The van der Waals surface area contributed by atoms with Gasteiger partial charge in [0.1, 0.15) is 17.8 Å². The predicted molar refractivity (Wildman–Crippen MR) is 130 cm³/mol. The van der Waals surface area contributed by atoms with Crippen molar-refractivity contribution in [1.29, 1.82) is 0 Å². The number of aliphatic hydroxyl groups is 1. The van der Waals surface area contributed by atoms with Crippen molar-refractivity contribution < 1.29 is 27.5 Å². The third-order valence-corrected chi connectivity index (χ3v) is 6.85. The van der Waals surface area contributed by atoms with E-state index in [1.54, 1.807) is 9.47 Å². The lowest BCUT2D eigenvalue weighted by Gasteiger charge is -2.35.